The zero-order chi connectivity index (χ0) is 25.8. The van der Waals surface area contributed by atoms with Gasteiger partial charge >= 0.3 is 5.97 Å². The van der Waals surface area contributed by atoms with E-state index < -0.39 is 5.97 Å². The van der Waals surface area contributed by atoms with Gasteiger partial charge in [0, 0.05) is 18.3 Å². The molecule has 8 heteroatoms. The minimum atomic E-state index is -0.997. The van der Waals surface area contributed by atoms with Crippen molar-refractivity contribution in [2.24, 2.45) is 4.99 Å². The van der Waals surface area contributed by atoms with E-state index in [0.717, 1.165) is 33.4 Å². The third-order valence-corrected chi connectivity index (χ3v) is 6.28. The van der Waals surface area contributed by atoms with Crippen LogP contribution < -0.4 is 14.8 Å². The van der Waals surface area contributed by atoms with Crippen LogP contribution in [0, 0.1) is 5.82 Å². The number of methoxy groups -OCH3 is 2. The molecule has 2 aromatic rings. The van der Waals surface area contributed by atoms with Gasteiger partial charge in [0.05, 0.1) is 33.6 Å². The van der Waals surface area contributed by atoms with Crippen LogP contribution in [-0.4, -0.2) is 50.5 Å². The SMILES string of the molecule is COc1cc(/C=C2/C(C)=C(CC(=O)NCC3=CC=NC3)c3cc(F)ccc32)cc(OC)c1CC(=O)O. The molecule has 1 heterocycles. The van der Waals surface area contributed by atoms with E-state index in [0.29, 0.717) is 35.7 Å². The lowest BCUT2D eigenvalue weighted by Gasteiger charge is -2.14. The zero-order valence-corrected chi connectivity index (χ0v) is 20.4. The number of carboxylic acids is 1. The maximum atomic E-state index is 14.2. The Morgan fingerprint density at radius 3 is 2.44 bits per heavy atom. The topological polar surface area (TPSA) is 97.2 Å². The molecule has 7 nitrogen and oxygen atoms in total. The third kappa shape index (κ3) is 5.22. The fourth-order valence-electron chi connectivity index (χ4n) is 4.49. The highest BCUT2D eigenvalue weighted by Gasteiger charge is 2.26. The van der Waals surface area contributed by atoms with Crippen LogP contribution in [0.2, 0.25) is 0 Å². The van der Waals surface area contributed by atoms with E-state index in [4.69, 9.17) is 9.47 Å². The van der Waals surface area contributed by atoms with Crippen molar-refractivity contribution in [2.75, 3.05) is 27.3 Å². The molecule has 0 aromatic heterocycles. The number of halogens is 1. The molecule has 0 saturated heterocycles. The molecule has 1 aliphatic heterocycles. The summed E-state index contributed by atoms with van der Waals surface area (Å²) in [5.74, 6) is -0.743. The quantitative estimate of drug-likeness (QED) is 0.546. The van der Waals surface area contributed by atoms with Crippen LogP contribution in [0.15, 0.2) is 52.5 Å². The lowest BCUT2D eigenvalue weighted by Crippen LogP contribution is -2.26. The number of fused-ring (bicyclic) bond motifs is 1. The number of ether oxygens (including phenoxy) is 2. The van der Waals surface area contributed by atoms with E-state index in [-0.39, 0.29) is 24.6 Å². The van der Waals surface area contributed by atoms with Gasteiger partial charge in [0.1, 0.15) is 17.3 Å². The van der Waals surface area contributed by atoms with Gasteiger partial charge in [-0.3, -0.25) is 14.6 Å². The molecular weight excluding hydrogens is 463 g/mol. The summed E-state index contributed by atoms with van der Waals surface area (Å²) in [6.45, 7) is 2.92. The van der Waals surface area contributed by atoms with Crippen molar-refractivity contribution in [1.82, 2.24) is 5.32 Å². The second-order valence-electron chi connectivity index (χ2n) is 8.59. The number of nitrogens with zero attached hydrogens (tertiary/aromatic N) is 1. The predicted molar refractivity (Wildman–Crippen MR) is 137 cm³/mol. The number of rotatable bonds is 9. The minimum Gasteiger partial charge on any atom is -0.496 e. The van der Waals surface area contributed by atoms with Crippen molar-refractivity contribution in [2.45, 2.75) is 19.8 Å². The first-order chi connectivity index (χ1) is 17.3. The summed E-state index contributed by atoms with van der Waals surface area (Å²) < 4.78 is 25.1. The zero-order valence-electron chi connectivity index (χ0n) is 20.4. The maximum absolute atomic E-state index is 14.2. The fraction of sp³-hybridized carbons (Fsp3) is 0.250. The van der Waals surface area contributed by atoms with Gasteiger partial charge in [-0.15, -0.1) is 0 Å². The van der Waals surface area contributed by atoms with Crippen LogP contribution in [-0.2, 0) is 16.0 Å². The highest BCUT2D eigenvalue weighted by Crippen LogP contribution is 2.44. The van der Waals surface area contributed by atoms with Gasteiger partial charge in [-0.05, 0) is 82.3 Å². The summed E-state index contributed by atoms with van der Waals surface area (Å²) in [7, 11) is 2.95. The molecule has 186 valence electrons. The second kappa shape index (κ2) is 10.6. The number of aliphatic carboxylic acids is 1. The number of hydrogen-bond donors (Lipinski definition) is 2. The number of hydrogen-bond acceptors (Lipinski definition) is 5. The Bertz CT molecular complexity index is 1330. The van der Waals surface area contributed by atoms with E-state index in [1.165, 1.54) is 26.4 Å². The lowest BCUT2D eigenvalue weighted by molar-refractivity contribution is -0.136. The van der Waals surface area contributed by atoms with E-state index in [1.807, 2.05) is 19.1 Å². The molecule has 1 amide bonds. The summed E-state index contributed by atoms with van der Waals surface area (Å²) in [6, 6.07) is 8.04. The lowest BCUT2D eigenvalue weighted by atomic mass is 9.99. The molecule has 2 N–H and O–H groups in total. The number of allylic oxidation sites excluding steroid dienone is 3. The number of amides is 1. The van der Waals surface area contributed by atoms with Crippen LogP contribution in [0.3, 0.4) is 0 Å². The minimum absolute atomic E-state index is 0.109. The van der Waals surface area contributed by atoms with E-state index in [2.05, 4.69) is 10.3 Å². The largest absolute Gasteiger partial charge is 0.496 e. The number of carbonyl (C=O) groups excluding carboxylic acids is 1. The first-order valence-corrected chi connectivity index (χ1v) is 11.4. The Balaban J connectivity index is 1.70. The van der Waals surface area contributed by atoms with Crippen molar-refractivity contribution in [3.8, 4) is 11.5 Å². The standard InChI is InChI=1S/C28H27FN2O5/c1-16-21(8-18-9-25(35-2)24(13-28(33)34)26(10-18)36-3)20-5-4-19(29)11-23(20)22(16)12-27(32)31-15-17-6-7-30-14-17/h4-11H,12-15H2,1-3H3,(H,31,32)(H,33,34)/b21-8-. The molecule has 0 radical (unpaired) electrons. The molecule has 0 saturated carbocycles. The van der Waals surface area contributed by atoms with Crippen LogP contribution in [0.25, 0.3) is 17.2 Å². The van der Waals surface area contributed by atoms with Gasteiger partial charge in [-0.2, -0.15) is 0 Å². The molecule has 1 aliphatic carbocycles. The average molecular weight is 491 g/mol. The van der Waals surface area contributed by atoms with Crippen molar-refractivity contribution in [3.05, 3.63) is 75.6 Å². The highest BCUT2D eigenvalue weighted by atomic mass is 19.1. The summed E-state index contributed by atoms with van der Waals surface area (Å²) in [5, 5.41) is 12.2. The van der Waals surface area contributed by atoms with Gasteiger partial charge in [0.25, 0.3) is 0 Å². The molecule has 0 fully saturated rings. The molecule has 4 rings (SSSR count). The molecule has 0 atom stereocenters. The normalized spacial score (nSPS) is 15.2. The molecular formula is C28H27FN2O5. The first-order valence-electron chi connectivity index (χ1n) is 11.4. The van der Waals surface area contributed by atoms with Crippen LogP contribution in [0.1, 0.15) is 35.6 Å². The number of benzene rings is 2. The van der Waals surface area contributed by atoms with E-state index in [9.17, 15) is 19.1 Å². The average Bonchev–Trinajstić information content (AvgIpc) is 3.46. The van der Waals surface area contributed by atoms with Crippen molar-refractivity contribution in [1.29, 1.82) is 0 Å². The maximum Gasteiger partial charge on any atom is 0.308 e. The summed E-state index contributed by atoms with van der Waals surface area (Å²) in [4.78, 5) is 28.2. The van der Waals surface area contributed by atoms with Crippen molar-refractivity contribution < 1.29 is 28.6 Å². The first kappa shape index (κ1) is 24.9. The summed E-state index contributed by atoms with van der Waals surface area (Å²) in [6.07, 6.45) is 5.38. The predicted octanol–water partition coefficient (Wildman–Crippen LogP) is 4.31. The molecule has 0 unspecified atom stereocenters. The van der Waals surface area contributed by atoms with Crippen LogP contribution >= 0.6 is 0 Å². The van der Waals surface area contributed by atoms with Gasteiger partial charge in [0.15, 0.2) is 0 Å². The van der Waals surface area contributed by atoms with E-state index >= 15 is 0 Å². The van der Waals surface area contributed by atoms with Gasteiger partial charge in [0.2, 0.25) is 5.91 Å². The summed E-state index contributed by atoms with van der Waals surface area (Å²) >= 11 is 0. The Labute approximate surface area is 208 Å². The van der Waals surface area contributed by atoms with Crippen molar-refractivity contribution in [3.63, 3.8) is 0 Å². The number of carboxylic acid groups (broad SMARTS) is 1. The number of aliphatic imine (C=N–C) groups is 1. The Hall–Kier alpha value is -4.20. The molecule has 0 spiro atoms. The highest BCUT2D eigenvalue weighted by molar-refractivity contribution is 6.08. The van der Waals surface area contributed by atoms with Gasteiger partial charge in [-0.1, -0.05) is 6.07 Å². The molecule has 0 bridgehead atoms. The smallest absolute Gasteiger partial charge is 0.308 e. The fourth-order valence-corrected chi connectivity index (χ4v) is 4.49. The van der Waals surface area contributed by atoms with Gasteiger partial charge < -0.3 is 19.9 Å². The Morgan fingerprint density at radius 1 is 1.11 bits per heavy atom. The van der Waals surface area contributed by atoms with Gasteiger partial charge in [-0.25, -0.2) is 4.39 Å². The third-order valence-electron chi connectivity index (χ3n) is 6.28. The molecule has 2 aromatic carbocycles. The number of nitrogens with one attached hydrogen (secondary N) is 1. The van der Waals surface area contributed by atoms with E-state index in [1.54, 1.807) is 24.4 Å². The Morgan fingerprint density at radius 2 is 1.83 bits per heavy atom. The van der Waals surface area contributed by atoms with Crippen LogP contribution in [0.5, 0.6) is 11.5 Å². The summed E-state index contributed by atoms with van der Waals surface area (Å²) in [5.41, 5.74) is 6.15. The van der Waals surface area contributed by atoms with Crippen molar-refractivity contribution >= 4 is 35.3 Å². The number of carbonyl (C=O) groups is 2. The molecule has 36 heavy (non-hydrogen) atoms. The van der Waals surface area contributed by atoms with Crippen LogP contribution in [0.4, 0.5) is 4.39 Å². The second-order valence-corrected chi connectivity index (χ2v) is 8.59. The molecule has 2 aliphatic rings. The monoisotopic (exact) mass is 490 g/mol. The Kier molecular flexibility index (Phi) is 7.33.